The number of carboxylic acid groups (broad SMARTS) is 1. The van der Waals surface area contributed by atoms with Crippen molar-refractivity contribution in [3.63, 3.8) is 0 Å². The van der Waals surface area contributed by atoms with Gasteiger partial charge in [-0.25, -0.2) is 4.39 Å². The summed E-state index contributed by atoms with van der Waals surface area (Å²) in [6, 6.07) is 3.02. The zero-order valence-corrected chi connectivity index (χ0v) is 12.6. The molecule has 0 spiro atoms. The predicted molar refractivity (Wildman–Crippen MR) is 75.9 cm³/mol. The van der Waals surface area contributed by atoms with E-state index in [-0.39, 0.29) is 10.8 Å². The predicted octanol–water partition coefficient (Wildman–Crippen LogP) is 2.47. The van der Waals surface area contributed by atoms with Crippen molar-refractivity contribution in [2.24, 2.45) is 5.92 Å². The third kappa shape index (κ3) is 4.90. The van der Waals surface area contributed by atoms with Crippen molar-refractivity contribution in [1.82, 2.24) is 5.32 Å². The first kappa shape index (κ1) is 17.2. The smallest absolute Gasteiger partial charge is 0.308 e. The van der Waals surface area contributed by atoms with Crippen molar-refractivity contribution >= 4 is 23.5 Å². The van der Waals surface area contributed by atoms with E-state index in [1.807, 2.05) is 0 Å². The molecule has 2 N–H and O–H groups in total. The summed E-state index contributed by atoms with van der Waals surface area (Å²) >= 11 is 5.80. The Balaban J connectivity index is 2.64. The molecular weight excluding hydrogens is 301 g/mol. The van der Waals surface area contributed by atoms with Crippen LogP contribution in [0.5, 0.6) is 5.75 Å². The second-order valence-corrected chi connectivity index (χ2v) is 5.17. The summed E-state index contributed by atoms with van der Waals surface area (Å²) in [6.45, 7) is 4.58. The van der Waals surface area contributed by atoms with Gasteiger partial charge in [-0.15, -0.1) is 0 Å². The van der Waals surface area contributed by atoms with Gasteiger partial charge in [0.2, 0.25) is 0 Å². The SMILES string of the molecule is CC(Oc1ccc(F)cc1Cl)C(=O)NC(C)C(C)C(=O)O. The van der Waals surface area contributed by atoms with E-state index in [0.717, 1.165) is 6.07 Å². The zero-order valence-electron chi connectivity index (χ0n) is 11.9. The highest BCUT2D eigenvalue weighted by Gasteiger charge is 2.24. The molecule has 0 fully saturated rings. The number of ether oxygens (including phenoxy) is 1. The Bertz CT molecular complexity index is 538. The summed E-state index contributed by atoms with van der Waals surface area (Å²) < 4.78 is 18.3. The number of hydrogen-bond acceptors (Lipinski definition) is 3. The monoisotopic (exact) mass is 317 g/mol. The standard InChI is InChI=1S/C14H17ClFNO4/c1-7(14(19)20)8(2)17-13(18)9(3)21-12-5-4-10(16)6-11(12)15/h4-9H,1-3H3,(H,17,18)(H,19,20). The molecule has 0 saturated carbocycles. The number of carbonyl (C=O) groups is 2. The molecule has 21 heavy (non-hydrogen) atoms. The summed E-state index contributed by atoms with van der Waals surface area (Å²) in [5.74, 6) is -2.53. The number of benzene rings is 1. The van der Waals surface area contributed by atoms with Crippen LogP contribution >= 0.6 is 11.6 Å². The van der Waals surface area contributed by atoms with E-state index in [9.17, 15) is 14.0 Å². The number of halogens is 2. The van der Waals surface area contributed by atoms with Gasteiger partial charge in [0, 0.05) is 6.04 Å². The van der Waals surface area contributed by atoms with E-state index in [0.29, 0.717) is 0 Å². The maximum atomic E-state index is 12.9. The summed E-state index contributed by atoms with van der Waals surface area (Å²) in [5, 5.41) is 11.5. The molecular formula is C14H17ClFNO4. The van der Waals surface area contributed by atoms with Crippen LogP contribution in [0, 0.1) is 11.7 Å². The van der Waals surface area contributed by atoms with Crippen LogP contribution in [-0.2, 0) is 9.59 Å². The maximum Gasteiger partial charge on any atom is 0.308 e. The van der Waals surface area contributed by atoms with E-state index >= 15 is 0 Å². The zero-order chi connectivity index (χ0) is 16.2. The van der Waals surface area contributed by atoms with Gasteiger partial charge in [-0.05, 0) is 39.0 Å². The fourth-order valence-electron chi connectivity index (χ4n) is 1.50. The second-order valence-electron chi connectivity index (χ2n) is 4.76. The molecule has 1 amide bonds. The van der Waals surface area contributed by atoms with Gasteiger partial charge >= 0.3 is 5.97 Å². The van der Waals surface area contributed by atoms with Crippen molar-refractivity contribution in [3.8, 4) is 5.75 Å². The Morgan fingerprint density at radius 2 is 1.95 bits per heavy atom. The minimum Gasteiger partial charge on any atom is -0.481 e. The van der Waals surface area contributed by atoms with Gasteiger partial charge in [-0.3, -0.25) is 9.59 Å². The van der Waals surface area contributed by atoms with E-state index in [1.54, 1.807) is 6.92 Å². The first-order valence-corrected chi connectivity index (χ1v) is 6.75. The fourth-order valence-corrected chi connectivity index (χ4v) is 1.71. The molecule has 0 aliphatic heterocycles. The number of aliphatic carboxylic acids is 1. The Morgan fingerprint density at radius 3 is 2.48 bits per heavy atom. The molecule has 0 aliphatic carbocycles. The lowest BCUT2D eigenvalue weighted by Gasteiger charge is -2.21. The number of amides is 1. The molecule has 1 aromatic rings. The average molecular weight is 318 g/mol. The molecule has 3 atom stereocenters. The van der Waals surface area contributed by atoms with Gasteiger partial charge in [-0.1, -0.05) is 11.6 Å². The molecule has 1 rings (SSSR count). The van der Waals surface area contributed by atoms with E-state index in [2.05, 4.69) is 5.32 Å². The van der Waals surface area contributed by atoms with Gasteiger partial charge in [0.25, 0.3) is 5.91 Å². The van der Waals surface area contributed by atoms with Gasteiger partial charge in [0.1, 0.15) is 11.6 Å². The third-order valence-electron chi connectivity index (χ3n) is 3.08. The molecule has 0 aromatic heterocycles. The highest BCUT2D eigenvalue weighted by molar-refractivity contribution is 6.32. The van der Waals surface area contributed by atoms with Crippen molar-refractivity contribution in [2.45, 2.75) is 32.9 Å². The van der Waals surface area contributed by atoms with Crippen molar-refractivity contribution in [1.29, 1.82) is 0 Å². The van der Waals surface area contributed by atoms with Crippen LogP contribution in [0.15, 0.2) is 18.2 Å². The number of rotatable bonds is 6. The summed E-state index contributed by atoms with van der Waals surface area (Å²) in [6.07, 6.45) is -0.892. The Labute approximate surface area is 127 Å². The minimum absolute atomic E-state index is 0.0570. The van der Waals surface area contributed by atoms with Crippen LogP contribution in [0.1, 0.15) is 20.8 Å². The minimum atomic E-state index is -1.00. The largest absolute Gasteiger partial charge is 0.481 e. The molecule has 1 aromatic carbocycles. The van der Waals surface area contributed by atoms with Crippen molar-refractivity contribution in [3.05, 3.63) is 29.0 Å². The van der Waals surface area contributed by atoms with Gasteiger partial charge in [-0.2, -0.15) is 0 Å². The van der Waals surface area contributed by atoms with Crippen molar-refractivity contribution < 1.29 is 23.8 Å². The van der Waals surface area contributed by atoms with Crippen LogP contribution in [0.4, 0.5) is 4.39 Å². The topological polar surface area (TPSA) is 75.6 Å². The molecule has 3 unspecified atom stereocenters. The quantitative estimate of drug-likeness (QED) is 0.845. The highest BCUT2D eigenvalue weighted by Crippen LogP contribution is 2.25. The third-order valence-corrected chi connectivity index (χ3v) is 3.37. The van der Waals surface area contributed by atoms with E-state index in [1.165, 1.54) is 26.0 Å². The van der Waals surface area contributed by atoms with Crippen LogP contribution in [0.25, 0.3) is 0 Å². The lowest BCUT2D eigenvalue weighted by molar-refractivity contribution is -0.142. The Kier molecular flexibility index (Phi) is 5.96. The molecule has 0 saturated heterocycles. The molecule has 0 bridgehead atoms. The number of carbonyl (C=O) groups excluding carboxylic acids is 1. The normalized spacial score (nSPS) is 14.9. The molecule has 116 valence electrons. The van der Waals surface area contributed by atoms with Gasteiger partial charge in [0.05, 0.1) is 10.9 Å². The maximum absolute atomic E-state index is 12.9. The second kappa shape index (κ2) is 7.26. The summed E-state index contributed by atoms with van der Waals surface area (Å²) in [4.78, 5) is 22.7. The van der Waals surface area contributed by atoms with E-state index in [4.69, 9.17) is 21.4 Å². The number of carboxylic acids is 1. The number of nitrogens with one attached hydrogen (secondary N) is 1. The van der Waals surface area contributed by atoms with Crippen molar-refractivity contribution in [2.75, 3.05) is 0 Å². The highest BCUT2D eigenvalue weighted by atomic mass is 35.5. The first-order chi connectivity index (χ1) is 9.72. The lowest BCUT2D eigenvalue weighted by atomic mass is 10.0. The van der Waals surface area contributed by atoms with Crippen LogP contribution in [-0.4, -0.2) is 29.1 Å². The Morgan fingerprint density at radius 1 is 1.33 bits per heavy atom. The molecule has 7 heteroatoms. The van der Waals surface area contributed by atoms with Crippen LogP contribution in [0.3, 0.4) is 0 Å². The molecule has 0 radical (unpaired) electrons. The fraction of sp³-hybridized carbons (Fsp3) is 0.429. The van der Waals surface area contributed by atoms with Crippen LogP contribution in [0.2, 0.25) is 5.02 Å². The van der Waals surface area contributed by atoms with Gasteiger partial charge in [0.15, 0.2) is 6.10 Å². The van der Waals surface area contributed by atoms with E-state index < -0.39 is 35.8 Å². The lowest BCUT2D eigenvalue weighted by Crippen LogP contribution is -2.45. The van der Waals surface area contributed by atoms with Crippen LogP contribution < -0.4 is 10.1 Å². The first-order valence-electron chi connectivity index (χ1n) is 6.37. The summed E-state index contributed by atoms with van der Waals surface area (Å²) in [5.41, 5.74) is 0. The molecule has 0 heterocycles. The van der Waals surface area contributed by atoms with Gasteiger partial charge < -0.3 is 15.2 Å². The Hall–Kier alpha value is -1.82. The average Bonchev–Trinajstić information content (AvgIpc) is 2.40. The summed E-state index contributed by atoms with van der Waals surface area (Å²) in [7, 11) is 0. The molecule has 5 nitrogen and oxygen atoms in total. The number of hydrogen-bond donors (Lipinski definition) is 2. The molecule has 0 aliphatic rings.